The molecule has 1 amide bonds. The number of benzene rings is 1. The highest BCUT2D eigenvalue weighted by Gasteiger charge is 2.13. The zero-order chi connectivity index (χ0) is 17.3. The molecule has 3 rings (SSSR count). The first kappa shape index (κ1) is 16.4. The summed E-state index contributed by atoms with van der Waals surface area (Å²) in [5.74, 6) is -0.203. The van der Waals surface area contributed by atoms with Gasteiger partial charge in [0.2, 0.25) is 5.91 Å². The number of carbonyl (C=O) groups excluding carboxylic acids is 1. The number of aromatic nitrogens is 2. The van der Waals surface area contributed by atoms with Gasteiger partial charge in [0.15, 0.2) is 0 Å². The molecule has 0 aliphatic rings. The van der Waals surface area contributed by atoms with Crippen molar-refractivity contribution in [1.82, 2.24) is 14.9 Å². The highest BCUT2D eigenvalue weighted by Crippen LogP contribution is 2.25. The monoisotopic (exact) mass is 341 g/mol. The van der Waals surface area contributed by atoms with E-state index >= 15 is 0 Å². The van der Waals surface area contributed by atoms with Crippen LogP contribution in [0.1, 0.15) is 21.6 Å². The van der Waals surface area contributed by atoms with Gasteiger partial charge in [-0.2, -0.15) is 0 Å². The summed E-state index contributed by atoms with van der Waals surface area (Å²) in [4.78, 5) is 30.9. The minimum absolute atomic E-state index is 0.0258. The van der Waals surface area contributed by atoms with Gasteiger partial charge in [0.25, 0.3) is 5.56 Å². The van der Waals surface area contributed by atoms with Crippen molar-refractivity contribution in [1.29, 1.82) is 0 Å². The molecular weight excluding hydrogens is 322 g/mol. The van der Waals surface area contributed by atoms with E-state index in [0.29, 0.717) is 11.9 Å². The molecule has 0 aliphatic heterocycles. The van der Waals surface area contributed by atoms with Crippen LogP contribution in [-0.2, 0) is 17.9 Å². The Balaban J connectivity index is 1.76. The SMILES string of the molecule is Cc1ccccc1CNC(=O)Cn1cnc2sc(C)c(C)c2c1=O. The first-order valence-corrected chi connectivity index (χ1v) is 8.55. The summed E-state index contributed by atoms with van der Waals surface area (Å²) in [5, 5.41) is 3.48. The molecule has 0 bridgehead atoms. The summed E-state index contributed by atoms with van der Waals surface area (Å²) >= 11 is 1.50. The first-order chi connectivity index (χ1) is 11.5. The van der Waals surface area contributed by atoms with Gasteiger partial charge in [-0.1, -0.05) is 24.3 Å². The Morgan fingerprint density at radius 1 is 1.25 bits per heavy atom. The molecule has 6 heteroatoms. The van der Waals surface area contributed by atoms with E-state index in [0.717, 1.165) is 26.4 Å². The molecule has 0 fully saturated rings. The van der Waals surface area contributed by atoms with Gasteiger partial charge in [-0.3, -0.25) is 14.2 Å². The summed E-state index contributed by atoms with van der Waals surface area (Å²) < 4.78 is 1.37. The van der Waals surface area contributed by atoms with Crippen LogP contribution in [-0.4, -0.2) is 15.5 Å². The number of nitrogens with zero attached hydrogens (tertiary/aromatic N) is 2. The zero-order valence-corrected chi connectivity index (χ0v) is 14.7. The summed E-state index contributed by atoms with van der Waals surface area (Å²) in [5.41, 5.74) is 2.98. The van der Waals surface area contributed by atoms with Crippen molar-refractivity contribution in [3.8, 4) is 0 Å². The van der Waals surface area contributed by atoms with Gasteiger partial charge in [-0.05, 0) is 37.5 Å². The van der Waals surface area contributed by atoms with Gasteiger partial charge >= 0.3 is 0 Å². The van der Waals surface area contributed by atoms with Crippen molar-refractivity contribution < 1.29 is 4.79 Å². The predicted molar refractivity (Wildman–Crippen MR) is 96.4 cm³/mol. The molecule has 24 heavy (non-hydrogen) atoms. The number of hydrogen-bond acceptors (Lipinski definition) is 4. The van der Waals surface area contributed by atoms with E-state index in [1.807, 2.05) is 45.0 Å². The lowest BCUT2D eigenvalue weighted by Crippen LogP contribution is -2.32. The van der Waals surface area contributed by atoms with Crippen LogP contribution < -0.4 is 10.9 Å². The smallest absolute Gasteiger partial charge is 0.262 e. The van der Waals surface area contributed by atoms with Gasteiger partial charge in [0.1, 0.15) is 11.4 Å². The Morgan fingerprint density at radius 2 is 2.00 bits per heavy atom. The second kappa shape index (κ2) is 6.57. The number of nitrogens with one attached hydrogen (secondary N) is 1. The molecule has 0 aliphatic carbocycles. The lowest BCUT2D eigenvalue weighted by Gasteiger charge is -2.09. The van der Waals surface area contributed by atoms with Gasteiger partial charge in [0.05, 0.1) is 11.7 Å². The molecule has 0 spiro atoms. The fourth-order valence-corrected chi connectivity index (χ4v) is 3.58. The molecule has 0 saturated carbocycles. The number of amides is 1. The molecule has 1 N–H and O–H groups in total. The summed E-state index contributed by atoms with van der Waals surface area (Å²) in [6.07, 6.45) is 1.45. The molecule has 2 aromatic heterocycles. The molecule has 5 nitrogen and oxygen atoms in total. The van der Waals surface area contributed by atoms with Crippen molar-refractivity contribution in [3.05, 3.63) is 62.5 Å². The first-order valence-electron chi connectivity index (χ1n) is 7.73. The van der Waals surface area contributed by atoms with Crippen LogP contribution in [0.3, 0.4) is 0 Å². The Labute approximate surface area is 144 Å². The Kier molecular flexibility index (Phi) is 4.49. The van der Waals surface area contributed by atoms with Crippen LogP contribution in [0.25, 0.3) is 10.2 Å². The summed E-state index contributed by atoms with van der Waals surface area (Å²) in [6, 6.07) is 7.89. The van der Waals surface area contributed by atoms with E-state index in [1.54, 1.807) is 0 Å². The van der Waals surface area contributed by atoms with Gasteiger partial charge in [-0.15, -0.1) is 11.3 Å². The van der Waals surface area contributed by atoms with E-state index in [2.05, 4.69) is 10.3 Å². The number of thiophene rings is 1. The number of aryl methyl sites for hydroxylation is 3. The van der Waals surface area contributed by atoms with Crippen LogP contribution in [0.2, 0.25) is 0 Å². The fraction of sp³-hybridized carbons (Fsp3) is 0.278. The molecule has 3 aromatic rings. The third kappa shape index (κ3) is 3.10. The number of fused-ring (bicyclic) bond motifs is 1. The second-order valence-electron chi connectivity index (χ2n) is 5.84. The molecule has 2 heterocycles. The number of carbonyl (C=O) groups is 1. The lowest BCUT2D eigenvalue weighted by molar-refractivity contribution is -0.121. The minimum Gasteiger partial charge on any atom is -0.350 e. The number of rotatable bonds is 4. The molecule has 0 unspecified atom stereocenters. The van der Waals surface area contributed by atoms with Gasteiger partial charge < -0.3 is 5.32 Å². The largest absolute Gasteiger partial charge is 0.350 e. The maximum atomic E-state index is 12.6. The third-order valence-corrected chi connectivity index (χ3v) is 5.32. The Bertz CT molecular complexity index is 972. The number of hydrogen-bond donors (Lipinski definition) is 1. The highest BCUT2D eigenvalue weighted by atomic mass is 32.1. The maximum Gasteiger partial charge on any atom is 0.262 e. The molecule has 0 atom stereocenters. The van der Waals surface area contributed by atoms with Crippen LogP contribution in [0, 0.1) is 20.8 Å². The van der Waals surface area contributed by atoms with E-state index < -0.39 is 0 Å². The van der Waals surface area contributed by atoms with Gasteiger partial charge in [0, 0.05) is 11.4 Å². The molecular formula is C18H19N3O2S. The van der Waals surface area contributed by atoms with Crippen LogP contribution in [0.15, 0.2) is 35.4 Å². The second-order valence-corrected chi connectivity index (χ2v) is 7.05. The molecule has 0 saturated heterocycles. The lowest BCUT2D eigenvalue weighted by atomic mass is 10.1. The van der Waals surface area contributed by atoms with E-state index in [9.17, 15) is 9.59 Å². The standard InChI is InChI=1S/C18H19N3O2S/c1-11-6-4-5-7-14(11)8-19-15(22)9-21-10-20-17-16(18(21)23)12(2)13(3)24-17/h4-7,10H,8-9H2,1-3H3,(H,19,22). The fourth-order valence-electron chi connectivity index (χ4n) is 2.60. The normalized spacial score (nSPS) is 11.0. The zero-order valence-electron chi connectivity index (χ0n) is 13.9. The highest BCUT2D eigenvalue weighted by molar-refractivity contribution is 7.18. The van der Waals surface area contributed by atoms with E-state index in [1.165, 1.54) is 22.2 Å². The average molecular weight is 341 g/mol. The van der Waals surface area contributed by atoms with Crippen molar-refractivity contribution >= 4 is 27.5 Å². The van der Waals surface area contributed by atoms with Gasteiger partial charge in [-0.25, -0.2) is 4.98 Å². The third-order valence-electron chi connectivity index (χ3n) is 4.21. The predicted octanol–water partition coefficient (Wildman–Crippen LogP) is 2.70. The molecule has 1 aromatic carbocycles. The van der Waals surface area contributed by atoms with E-state index in [4.69, 9.17) is 0 Å². The Hall–Kier alpha value is -2.47. The van der Waals surface area contributed by atoms with Crippen molar-refractivity contribution in [2.45, 2.75) is 33.9 Å². The van der Waals surface area contributed by atoms with Crippen molar-refractivity contribution in [3.63, 3.8) is 0 Å². The maximum absolute atomic E-state index is 12.6. The van der Waals surface area contributed by atoms with Crippen molar-refractivity contribution in [2.24, 2.45) is 0 Å². The van der Waals surface area contributed by atoms with Crippen LogP contribution in [0.5, 0.6) is 0 Å². The Morgan fingerprint density at radius 3 is 2.75 bits per heavy atom. The van der Waals surface area contributed by atoms with Crippen molar-refractivity contribution in [2.75, 3.05) is 0 Å². The van der Waals surface area contributed by atoms with E-state index in [-0.39, 0.29) is 18.0 Å². The quantitative estimate of drug-likeness (QED) is 0.793. The minimum atomic E-state index is -0.203. The molecule has 124 valence electrons. The summed E-state index contributed by atoms with van der Waals surface area (Å²) in [6.45, 7) is 6.32. The topological polar surface area (TPSA) is 64.0 Å². The summed E-state index contributed by atoms with van der Waals surface area (Å²) in [7, 11) is 0. The average Bonchev–Trinajstić information content (AvgIpc) is 2.85. The van der Waals surface area contributed by atoms with Crippen LogP contribution >= 0.6 is 11.3 Å². The molecule has 0 radical (unpaired) electrons. The van der Waals surface area contributed by atoms with Crippen LogP contribution in [0.4, 0.5) is 0 Å².